The van der Waals surface area contributed by atoms with Crippen LogP contribution >= 0.6 is 11.6 Å². The molecule has 0 aromatic heterocycles. The Morgan fingerprint density at radius 1 is 1.56 bits per heavy atom. The van der Waals surface area contributed by atoms with Crippen LogP contribution in [0, 0.1) is 0 Å². The molecule has 0 saturated carbocycles. The molecule has 0 aliphatic carbocycles. The number of carboxylic acid groups (broad SMARTS) is 1. The van der Waals surface area contributed by atoms with E-state index in [0.29, 0.717) is 0 Å². The van der Waals surface area contributed by atoms with Crippen molar-refractivity contribution < 1.29 is 14.6 Å². The van der Waals surface area contributed by atoms with Crippen LogP contribution in [0.4, 0.5) is 4.79 Å². The number of carbonyl (C=O) groups is 1. The summed E-state index contributed by atoms with van der Waals surface area (Å²) in [5, 5.41) is 7.18. The van der Waals surface area contributed by atoms with E-state index in [4.69, 9.17) is 14.6 Å². The first-order valence-corrected chi connectivity index (χ1v) is 2.99. The van der Waals surface area contributed by atoms with Gasteiger partial charge >= 0.3 is 5.43 Å². The molecule has 0 fully saturated rings. The second kappa shape index (κ2) is 10.7. The van der Waals surface area contributed by atoms with Gasteiger partial charge in [-0.1, -0.05) is 0 Å². The fourth-order valence-electron chi connectivity index (χ4n) is 0.204. The maximum atomic E-state index is 8.77. The normalized spacial score (nSPS) is 7.44. The van der Waals surface area contributed by atoms with Crippen molar-refractivity contribution in [3.05, 3.63) is 0 Å². The summed E-state index contributed by atoms with van der Waals surface area (Å²) < 4.78 is 4.83. The number of ether oxygens (including phenoxy) is 1. The highest BCUT2D eigenvalue weighted by Gasteiger charge is 1.71. The van der Waals surface area contributed by atoms with E-state index in [-0.39, 0.29) is 0 Å². The van der Waals surface area contributed by atoms with E-state index in [0.717, 1.165) is 13.2 Å². The Balaban J connectivity index is 0. The van der Waals surface area contributed by atoms with Gasteiger partial charge in [-0.3, -0.25) is 0 Å². The molecule has 0 aliphatic rings. The smallest absolute Gasteiger partial charge is 0.401 e. The molecule has 56 valence electrons. The molecule has 0 bridgehead atoms. The number of halogens is 1. The molecule has 0 aromatic carbocycles. The predicted molar refractivity (Wildman–Crippen MR) is 36.0 cm³/mol. The molecular weight excluding hydrogens is 144 g/mol. The van der Waals surface area contributed by atoms with E-state index in [2.05, 4.69) is 11.6 Å². The van der Waals surface area contributed by atoms with Gasteiger partial charge in [0.1, 0.15) is 0 Å². The zero-order chi connectivity index (χ0) is 7.70. The van der Waals surface area contributed by atoms with Gasteiger partial charge in [0.05, 0.1) is 0 Å². The Hall–Kier alpha value is -0.280. The van der Waals surface area contributed by atoms with Gasteiger partial charge in [0, 0.05) is 24.8 Å². The summed E-state index contributed by atoms with van der Waals surface area (Å²) in [5.74, 6) is 0. The zero-order valence-electron chi connectivity index (χ0n) is 5.56. The van der Waals surface area contributed by atoms with E-state index >= 15 is 0 Å². The average Bonchev–Trinajstić information content (AvgIpc) is 1.66. The van der Waals surface area contributed by atoms with Crippen molar-refractivity contribution in [3.63, 3.8) is 0 Å². The van der Waals surface area contributed by atoms with Crippen molar-refractivity contribution in [1.82, 2.24) is 0 Å². The molecule has 1 N–H and O–H groups in total. The number of rotatable bonds is 2. The Labute approximate surface area is 59.6 Å². The monoisotopic (exact) mass is 154 g/mol. The maximum absolute atomic E-state index is 8.77. The summed E-state index contributed by atoms with van der Waals surface area (Å²) in [6, 6.07) is 0. The lowest BCUT2D eigenvalue weighted by atomic mass is 10.8. The molecule has 0 spiro atoms. The fourth-order valence-corrected chi connectivity index (χ4v) is 0.204. The molecule has 0 aromatic rings. The van der Waals surface area contributed by atoms with Gasteiger partial charge in [-0.15, -0.1) is 0 Å². The van der Waals surface area contributed by atoms with Gasteiger partial charge in [-0.25, -0.2) is 4.79 Å². The third-order valence-electron chi connectivity index (χ3n) is 0.408. The molecule has 0 unspecified atom stereocenters. The molecule has 0 rings (SSSR count). The van der Waals surface area contributed by atoms with E-state index in [1.807, 2.05) is 13.8 Å². The minimum Gasteiger partial charge on any atom is -0.469 e. The summed E-state index contributed by atoms with van der Waals surface area (Å²) in [6.45, 7) is 5.67. The minimum atomic E-state index is -1.36. The van der Waals surface area contributed by atoms with Gasteiger partial charge in [-0.05, 0) is 13.8 Å². The quantitative estimate of drug-likeness (QED) is 0.619. The highest BCUT2D eigenvalue weighted by atomic mass is 35.5. The topological polar surface area (TPSA) is 46.5 Å². The van der Waals surface area contributed by atoms with E-state index in [1.165, 1.54) is 0 Å². The molecule has 0 atom stereocenters. The Morgan fingerprint density at radius 2 is 1.78 bits per heavy atom. The maximum Gasteiger partial charge on any atom is 0.401 e. The number of hydrogen-bond acceptors (Lipinski definition) is 2. The Kier molecular flexibility index (Phi) is 13.6. The van der Waals surface area contributed by atoms with Crippen LogP contribution in [0.3, 0.4) is 0 Å². The van der Waals surface area contributed by atoms with Crippen molar-refractivity contribution in [2.75, 3.05) is 13.2 Å². The lowest BCUT2D eigenvalue weighted by Gasteiger charge is -1.86. The predicted octanol–water partition coefficient (Wildman–Crippen LogP) is 1.95. The van der Waals surface area contributed by atoms with Crippen molar-refractivity contribution in [1.29, 1.82) is 0 Å². The largest absolute Gasteiger partial charge is 0.469 e. The van der Waals surface area contributed by atoms with Crippen molar-refractivity contribution in [2.24, 2.45) is 0 Å². The first-order chi connectivity index (χ1) is 4.15. The van der Waals surface area contributed by atoms with Crippen LogP contribution in [0.1, 0.15) is 13.8 Å². The lowest BCUT2D eigenvalue weighted by Crippen LogP contribution is -1.84. The van der Waals surface area contributed by atoms with E-state index in [1.54, 1.807) is 0 Å². The molecule has 0 radical (unpaired) electrons. The molecule has 9 heavy (non-hydrogen) atoms. The summed E-state index contributed by atoms with van der Waals surface area (Å²) in [7, 11) is 0. The zero-order valence-corrected chi connectivity index (χ0v) is 6.31. The first-order valence-electron chi connectivity index (χ1n) is 2.61. The molecule has 0 saturated heterocycles. The second-order valence-electron chi connectivity index (χ2n) is 1.03. The third kappa shape index (κ3) is 85.4. The van der Waals surface area contributed by atoms with Crippen LogP contribution in [0.25, 0.3) is 0 Å². The standard InChI is InChI=1S/C4H10O.CHClO2/c1-3-5-4-2;2-1(3)4/h3-4H2,1-2H3;(H,3,4). The first kappa shape index (κ1) is 11.5. The average molecular weight is 155 g/mol. The van der Waals surface area contributed by atoms with Crippen LogP contribution < -0.4 is 0 Å². The Morgan fingerprint density at radius 3 is 1.78 bits per heavy atom. The second-order valence-corrected chi connectivity index (χ2v) is 1.36. The molecule has 4 heteroatoms. The molecule has 0 aliphatic heterocycles. The molecule has 0 amide bonds. The summed E-state index contributed by atoms with van der Waals surface area (Å²) in [5.41, 5.74) is -1.36. The fraction of sp³-hybridized carbons (Fsp3) is 0.800. The van der Waals surface area contributed by atoms with Crippen LogP contribution in [0.2, 0.25) is 0 Å². The van der Waals surface area contributed by atoms with Crippen molar-refractivity contribution in [3.8, 4) is 0 Å². The summed E-state index contributed by atoms with van der Waals surface area (Å²) in [6.07, 6.45) is 0. The van der Waals surface area contributed by atoms with E-state index < -0.39 is 5.43 Å². The highest BCUT2D eigenvalue weighted by molar-refractivity contribution is 6.60. The van der Waals surface area contributed by atoms with Gasteiger partial charge in [-0.2, -0.15) is 0 Å². The summed E-state index contributed by atoms with van der Waals surface area (Å²) in [4.78, 5) is 8.77. The van der Waals surface area contributed by atoms with Gasteiger partial charge in [0.15, 0.2) is 0 Å². The van der Waals surface area contributed by atoms with Crippen LogP contribution in [-0.4, -0.2) is 23.7 Å². The van der Waals surface area contributed by atoms with Gasteiger partial charge in [0.25, 0.3) is 0 Å². The number of hydrogen-bond donors (Lipinski definition) is 1. The highest BCUT2D eigenvalue weighted by Crippen LogP contribution is 1.67. The molecule has 0 heterocycles. The molecular formula is C5H11ClO3. The SMILES string of the molecule is CCOCC.O=C(O)Cl. The van der Waals surface area contributed by atoms with Crippen LogP contribution in [-0.2, 0) is 4.74 Å². The van der Waals surface area contributed by atoms with E-state index in [9.17, 15) is 0 Å². The van der Waals surface area contributed by atoms with Gasteiger partial charge in [0.2, 0.25) is 0 Å². The third-order valence-corrected chi connectivity index (χ3v) is 0.408. The minimum absolute atomic E-state index is 0.844. The van der Waals surface area contributed by atoms with Crippen molar-refractivity contribution in [2.45, 2.75) is 13.8 Å². The Bertz CT molecular complexity index is 59.2. The van der Waals surface area contributed by atoms with Gasteiger partial charge < -0.3 is 9.84 Å². The van der Waals surface area contributed by atoms with Crippen LogP contribution in [0.5, 0.6) is 0 Å². The van der Waals surface area contributed by atoms with Crippen molar-refractivity contribution >= 4 is 17.0 Å². The summed E-state index contributed by atoms with van der Waals surface area (Å²) >= 11 is 4.19. The van der Waals surface area contributed by atoms with Crippen LogP contribution in [0.15, 0.2) is 0 Å². The lowest BCUT2D eigenvalue weighted by molar-refractivity contribution is 0.162. The molecule has 3 nitrogen and oxygen atoms in total.